The minimum absolute atomic E-state index is 0.302. The summed E-state index contributed by atoms with van der Waals surface area (Å²) in [4.78, 5) is 0. The Hall–Kier alpha value is -0.940. The van der Waals surface area contributed by atoms with Crippen LogP contribution in [0.2, 0.25) is 0 Å². The van der Waals surface area contributed by atoms with Crippen molar-refractivity contribution in [3.8, 4) is 0 Å². The van der Waals surface area contributed by atoms with Crippen LogP contribution in [0.5, 0.6) is 0 Å². The molecule has 0 aromatic heterocycles. The predicted molar refractivity (Wildman–Crippen MR) is 71.5 cm³/mol. The van der Waals surface area contributed by atoms with Crippen molar-refractivity contribution >= 4 is 0 Å². The molecule has 0 aliphatic rings. The number of rotatable bonds is 6. The highest BCUT2D eigenvalue weighted by molar-refractivity contribution is 5.37. The molecular formula is C14H23NO3. The fourth-order valence-electron chi connectivity index (χ4n) is 2.08. The average molecular weight is 253 g/mol. The molecule has 0 radical (unpaired) electrons. The first-order valence-corrected chi connectivity index (χ1v) is 6.12. The SMILES string of the molecule is Cc1cc(C)c(CNC(CO)(CO)CO)c(C)c1. The van der Waals surface area contributed by atoms with Crippen LogP contribution in [0.4, 0.5) is 0 Å². The Morgan fingerprint density at radius 2 is 1.39 bits per heavy atom. The van der Waals surface area contributed by atoms with E-state index in [1.165, 1.54) is 16.7 Å². The van der Waals surface area contributed by atoms with Gasteiger partial charge in [0.2, 0.25) is 0 Å². The minimum Gasteiger partial charge on any atom is -0.394 e. The van der Waals surface area contributed by atoms with Gasteiger partial charge in [-0.15, -0.1) is 0 Å². The van der Waals surface area contributed by atoms with Gasteiger partial charge in [0, 0.05) is 6.54 Å². The molecule has 0 bridgehead atoms. The molecule has 4 nitrogen and oxygen atoms in total. The lowest BCUT2D eigenvalue weighted by molar-refractivity contribution is 0.0413. The molecule has 0 fully saturated rings. The van der Waals surface area contributed by atoms with Crippen LogP contribution in [0.25, 0.3) is 0 Å². The van der Waals surface area contributed by atoms with E-state index in [0.717, 1.165) is 5.56 Å². The Morgan fingerprint density at radius 3 is 1.78 bits per heavy atom. The van der Waals surface area contributed by atoms with E-state index >= 15 is 0 Å². The molecule has 0 aliphatic heterocycles. The van der Waals surface area contributed by atoms with Crippen LogP contribution in [0.1, 0.15) is 22.3 Å². The molecule has 0 saturated heterocycles. The molecule has 0 atom stereocenters. The monoisotopic (exact) mass is 253 g/mol. The van der Waals surface area contributed by atoms with Crippen LogP contribution in [0, 0.1) is 20.8 Å². The van der Waals surface area contributed by atoms with Crippen molar-refractivity contribution in [2.75, 3.05) is 19.8 Å². The second-order valence-electron chi connectivity index (χ2n) is 4.99. The summed E-state index contributed by atoms with van der Waals surface area (Å²) in [5, 5.41) is 30.8. The van der Waals surface area contributed by atoms with E-state index in [4.69, 9.17) is 0 Å². The first kappa shape index (κ1) is 15.1. The molecular weight excluding hydrogens is 230 g/mol. The molecule has 0 aliphatic carbocycles. The van der Waals surface area contributed by atoms with Crippen molar-refractivity contribution < 1.29 is 15.3 Å². The summed E-state index contributed by atoms with van der Waals surface area (Å²) < 4.78 is 0. The maximum Gasteiger partial charge on any atom is 0.0884 e. The summed E-state index contributed by atoms with van der Waals surface area (Å²) in [5.41, 5.74) is 3.67. The molecule has 0 amide bonds. The van der Waals surface area contributed by atoms with E-state index in [2.05, 4.69) is 24.4 Å². The Kier molecular flexibility index (Phi) is 5.28. The molecule has 4 heteroatoms. The molecule has 0 spiro atoms. The van der Waals surface area contributed by atoms with Crippen LogP contribution in [-0.2, 0) is 6.54 Å². The van der Waals surface area contributed by atoms with Crippen molar-refractivity contribution in [2.24, 2.45) is 0 Å². The summed E-state index contributed by atoms with van der Waals surface area (Å²) in [6, 6.07) is 4.20. The van der Waals surface area contributed by atoms with E-state index in [0.29, 0.717) is 6.54 Å². The molecule has 1 aromatic carbocycles. The minimum atomic E-state index is -1.02. The summed E-state index contributed by atoms with van der Waals surface area (Å²) in [6.45, 7) is 5.74. The van der Waals surface area contributed by atoms with E-state index in [9.17, 15) is 15.3 Å². The average Bonchev–Trinajstić information content (AvgIpc) is 2.33. The molecule has 1 aromatic rings. The third kappa shape index (κ3) is 3.29. The van der Waals surface area contributed by atoms with Gasteiger partial charge >= 0.3 is 0 Å². The third-order valence-corrected chi connectivity index (χ3v) is 3.39. The van der Waals surface area contributed by atoms with Gasteiger partial charge in [0.05, 0.1) is 25.4 Å². The van der Waals surface area contributed by atoms with Gasteiger partial charge < -0.3 is 20.6 Å². The van der Waals surface area contributed by atoms with Crippen molar-refractivity contribution in [1.29, 1.82) is 0 Å². The normalized spacial score (nSPS) is 11.9. The number of nitrogens with one attached hydrogen (secondary N) is 1. The second kappa shape index (κ2) is 6.29. The Balaban J connectivity index is 2.86. The highest BCUT2D eigenvalue weighted by Crippen LogP contribution is 2.17. The Bertz CT molecular complexity index is 369. The zero-order chi connectivity index (χ0) is 13.8. The molecule has 18 heavy (non-hydrogen) atoms. The molecule has 0 heterocycles. The maximum atomic E-state index is 9.25. The van der Waals surface area contributed by atoms with Gasteiger partial charge in [-0.25, -0.2) is 0 Å². The van der Waals surface area contributed by atoms with Crippen LogP contribution in [0.15, 0.2) is 12.1 Å². The van der Waals surface area contributed by atoms with Crippen molar-refractivity contribution in [3.05, 3.63) is 34.4 Å². The van der Waals surface area contributed by atoms with Crippen LogP contribution < -0.4 is 5.32 Å². The summed E-state index contributed by atoms with van der Waals surface area (Å²) in [6.07, 6.45) is 0. The first-order valence-electron chi connectivity index (χ1n) is 6.12. The number of aryl methyl sites for hydroxylation is 3. The van der Waals surface area contributed by atoms with Gasteiger partial charge in [-0.05, 0) is 37.5 Å². The highest BCUT2D eigenvalue weighted by Gasteiger charge is 2.27. The van der Waals surface area contributed by atoms with Crippen LogP contribution in [-0.4, -0.2) is 40.7 Å². The van der Waals surface area contributed by atoms with Crippen molar-refractivity contribution in [2.45, 2.75) is 32.9 Å². The van der Waals surface area contributed by atoms with E-state index in [1.807, 2.05) is 13.8 Å². The van der Waals surface area contributed by atoms with Gasteiger partial charge in [0.1, 0.15) is 0 Å². The lowest BCUT2D eigenvalue weighted by Gasteiger charge is -2.29. The molecule has 1 rings (SSSR count). The van der Waals surface area contributed by atoms with Crippen LogP contribution in [0.3, 0.4) is 0 Å². The molecule has 0 unspecified atom stereocenters. The zero-order valence-electron chi connectivity index (χ0n) is 11.3. The van der Waals surface area contributed by atoms with E-state index < -0.39 is 5.54 Å². The van der Waals surface area contributed by atoms with E-state index in [-0.39, 0.29) is 19.8 Å². The van der Waals surface area contributed by atoms with Gasteiger partial charge in [-0.1, -0.05) is 17.7 Å². The molecule has 0 saturated carbocycles. The topological polar surface area (TPSA) is 72.7 Å². The van der Waals surface area contributed by atoms with Gasteiger partial charge in [0.15, 0.2) is 0 Å². The number of aliphatic hydroxyl groups is 3. The maximum absolute atomic E-state index is 9.25. The molecule has 102 valence electrons. The fraction of sp³-hybridized carbons (Fsp3) is 0.571. The number of aliphatic hydroxyl groups excluding tert-OH is 3. The standard InChI is InChI=1S/C14H23NO3/c1-10-4-11(2)13(12(3)5-10)6-15-14(7-16,8-17)9-18/h4-5,15-18H,6-9H2,1-3H3. The smallest absolute Gasteiger partial charge is 0.0884 e. The third-order valence-electron chi connectivity index (χ3n) is 3.39. The second-order valence-corrected chi connectivity index (χ2v) is 4.99. The first-order chi connectivity index (χ1) is 8.48. The summed E-state index contributed by atoms with van der Waals surface area (Å²) >= 11 is 0. The van der Waals surface area contributed by atoms with Gasteiger partial charge in [-0.2, -0.15) is 0 Å². The highest BCUT2D eigenvalue weighted by atomic mass is 16.3. The Labute approximate surface area is 108 Å². The zero-order valence-corrected chi connectivity index (χ0v) is 11.3. The Morgan fingerprint density at radius 1 is 0.944 bits per heavy atom. The van der Waals surface area contributed by atoms with Crippen molar-refractivity contribution in [3.63, 3.8) is 0 Å². The number of benzene rings is 1. The van der Waals surface area contributed by atoms with Crippen LogP contribution >= 0.6 is 0 Å². The summed E-state index contributed by atoms with van der Waals surface area (Å²) in [7, 11) is 0. The van der Waals surface area contributed by atoms with Crippen molar-refractivity contribution in [1.82, 2.24) is 5.32 Å². The summed E-state index contributed by atoms with van der Waals surface area (Å²) in [5.74, 6) is 0. The lowest BCUT2D eigenvalue weighted by atomic mass is 9.97. The van der Waals surface area contributed by atoms with Gasteiger partial charge in [0.25, 0.3) is 0 Å². The fourth-order valence-corrected chi connectivity index (χ4v) is 2.08. The van der Waals surface area contributed by atoms with Gasteiger partial charge in [-0.3, -0.25) is 0 Å². The molecule has 4 N–H and O–H groups in total. The lowest BCUT2D eigenvalue weighted by Crippen LogP contribution is -2.54. The van der Waals surface area contributed by atoms with E-state index in [1.54, 1.807) is 0 Å². The predicted octanol–water partition coefficient (Wildman–Crippen LogP) is 0.417. The largest absolute Gasteiger partial charge is 0.394 e. The number of hydrogen-bond acceptors (Lipinski definition) is 4. The number of hydrogen-bond donors (Lipinski definition) is 4. The quantitative estimate of drug-likeness (QED) is 0.593.